The second kappa shape index (κ2) is 6.81. The van der Waals surface area contributed by atoms with Gasteiger partial charge in [-0.15, -0.1) is 0 Å². The molecule has 126 valence electrons. The maximum absolute atomic E-state index is 5.26. The zero-order valence-corrected chi connectivity index (χ0v) is 14.1. The molecular formula is C20H20N4O. The molecule has 0 amide bonds. The molecule has 5 heteroatoms. The normalized spacial score (nSPS) is 13.2. The molecule has 0 spiro atoms. The summed E-state index contributed by atoms with van der Waals surface area (Å²) in [4.78, 5) is 11.1. The van der Waals surface area contributed by atoms with Crippen LogP contribution in [-0.2, 0) is 13.0 Å². The highest BCUT2D eigenvalue weighted by Gasteiger charge is 2.17. The third kappa shape index (κ3) is 3.40. The first-order valence-electron chi connectivity index (χ1n) is 8.37. The summed E-state index contributed by atoms with van der Waals surface area (Å²) in [5.41, 5.74) is 3.74. The fourth-order valence-electron chi connectivity index (χ4n) is 3.13. The minimum Gasteiger partial charge on any atom is -0.497 e. The van der Waals surface area contributed by atoms with Crippen LogP contribution in [0, 0.1) is 0 Å². The van der Waals surface area contributed by atoms with Crippen LogP contribution >= 0.6 is 0 Å². The molecule has 2 aromatic carbocycles. The first-order valence-corrected chi connectivity index (χ1v) is 8.37. The summed E-state index contributed by atoms with van der Waals surface area (Å²) >= 11 is 0. The van der Waals surface area contributed by atoms with E-state index in [0.29, 0.717) is 0 Å². The molecule has 1 aliphatic heterocycles. The largest absolute Gasteiger partial charge is 0.497 e. The molecule has 3 aromatic rings. The molecular weight excluding hydrogens is 312 g/mol. The number of methoxy groups -OCH3 is 1. The quantitative estimate of drug-likeness (QED) is 0.788. The fourth-order valence-corrected chi connectivity index (χ4v) is 3.13. The van der Waals surface area contributed by atoms with Crippen LogP contribution in [0.4, 0.5) is 17.3 Å². The van der Waals surface area contributed by atoms with Gasteiger partial charge in [0.1, 0.15) is 23.7 Å². The Morgan fingerprint density at radius 1 is 1.00 bits per heavy atom. The Morgan fingerprint density at radius 2 is 1.88 bits per heavy atom. The fraction of sp³-hybridized carbons (Fsp3) is 0.200. The van der Waals surface area contributed by atoms with Crippen molar-refractivity contribution in [3.05, 3.63) is 72.1 Å². The summed E-state index contributed by atoms with van der Waals surface area (Å²) in [7, 11) is 1.66. The van der Waals surface area contributed by atoms with Crippen molar-refractivity contribution in [2.24, 2.45) is 0 Å². The number of nitrogens with one attached hydrogen (secondary N) is 1. The molecule has 1 aliphatic rings. The number of ether oxygens (including phenoxy) is 1. The van der Waals surface area contributed by atoms with Crippen LogP contribution in [0.1, 0.15) is 11.1 Å². The van der Waals surface area contributed by atoms with Crippen molar-refractivity contribution in [2.45, 2.75) is 13.0 Å². The maximum Gasteiger partial charge on any atom is 0.135 e. The van der Waals surface area contributed by atoms with Gasteiger partial charge in [-0.1, -0.05) is 30.3 Å². The van der Waals surface area contributed by atoms with Gasteiger partial charge in [0.2, 0.25) is 0 Å². The monoisotopic (exact) mass is 332 g/mol. The van der Waals surface area contributed by atoms with E-state index in [-0.39, 0.29) is 0 Å². The van der Waals surface area contributed by atoms with Gasteiger partial charge in [0.25, 0.3) is 0 Å². The maximum atomic E-state index is 5.26. The summed E-state index contributed by atoms with van der Waals surface area (Å²) in [5.74, 6) is 2.53. The highest BCUT2D eigenvalue weighted by Crippen LogP contribution is 2.25. The van der Waals surface area contributed by atoms with Crippen LogP contribution in [0.2, 0.25) is 0 Å². The van der Waals surface area contributed by atoms with Gasteiger partial charge < -0.3 is 15.0 Å². The molecule has 25 heavy (non-hydrogen) atoms. The van der Waals surface area contributed by atoms with Gasteiger partial charge in [-0.25, -0.2) is 9.97 Å². The average Bonchev–Trinajstić information content (AvgIpc) is 2.68. The van der Waals surface area contributed by atoms with E-state index < -0.39 is 0 Å². The number of rotatable bonds is 4. The number of nitrogens with zero attached hydrogens (tertiary/aromatic N) is 3. The molecule has 1 aromatic heterocycles. The number of hydrogen-bond acceptors (Lipinski definition) is 5. The Balaban J connectivity index is 1.54. The Labute approximate surface area is 147 Å². The average molecular weight is 332 g/mol. The predicted molar refractivity (Wildman–Crippen MR) is 99.5 cm³/mol. The van der Waals surface area contributed by atoms with Crippen LogP contribution in [0.3, 0.4) is 0 Å². The van der Waals surface area contributed by atoms with Crippen molar-refractivity contribution in [1.29, 1.82) is 0 Å². The molecule has 4 rings (SSSR count). The highest BCUT2D eigenvalue weighted by molar-refractivity contribution is 5.61. The van der Waals surface area contributed by atoms with Crippen molar-refractivity contribution in [3.8, 4) is 5.75 Å². The lowest BCUT2D eigenvalue weighted by Crippen LogP contribution is -2.31. The second-order valence-corrected chi connectivity index (χ2v) is 6.06. The predicted octanol–water partition coefficient (Wildman–Crippen LogP) is 3.79. The van der Waals surface area contributed by atoms with Crippen molar-refractivity contribution in [1.82, 2.24) is 9.97 Å². The third-order valence-electron chi connectivity index (χ3n) is 4.45. The Bertz CT molecular complexity index is 881. The minimum atomic E-state index is 0.775. The van der Waals surface area contributed by atoms with E-state index in [1.807, 2.05) is 30.3 Å². The lowest BCUT2D eigenvalue weighted by molar-refractivity contribution is 0.415. The summed E-state index contributed by atoms with van der Waals surface area (Å²) in [5, 5.41) is 3.32. The van der Waals surface area contributed by atoms with Gasteiger partial charge in [-0.3, -0.25) is 0 Å². The lowest BCUT2D eigenvalue weighted by atomic mass is 10.00. The second-order valence-electron chi connectivity index (χ2n) is 6.06. The third-order valence-corrected chi connectivity index (χ3v) is 4.45. The first kappa shape index (κ1) is 15.4. The molecule has 0 fully saturated rings. The van der Waals surface area contributed by atoms with Crippen molar-refractivity contribution in [2.75, 3.05) is 23.9 Å². The van der Waals surface area contributed by atoms with Crippen LogP contribution in [-0.4, -0.2) is 23.6 Å². The van der Waals surface area contributed by atoms with E-state index in [4.69, 9.17) is 4.74 Å². The summed E-state index contributed by atoms with van der Waals surface area (Å²) in [6.45, 7) is 1.85. The molecule has 1 N–H and O–H groups in total. The van der Waals surface area contributed by atoms with E-state index in [1.165, 1.54) is 11.1 Å². The van der Waals surface area contributed by atoms with E-state index in [1.54, 1.807) is 13.4 Å². The molecule has 0 saturated heterocycles. The highest BCUT2D eigenvalue weighted by atomic mass is 16.5. The molecule has 2 heterocycles. The standard InChI is InChI=1S/C20H20N4O/c1-25-18-8-4-7-17(11-18)23-19-12-20(22-14-21-19)24-10-9-15-5-2-3-6-16(15)13-24/h2-8,11-12,14H,9-10,13H2,1H3,(H,21,22,23). The van der Waals surface area contributed by atoms with E-state index in [9.17, 15) is 0 Å². The Hall–Kier alpha value is -3.08. The van der Waals surface area contributed by atoms with Gasteiger partial charge in [0.05, 0.1) is 7.11 Å². The lowest BCUT2D eigenvalue weighted by Gasteiger charge is -2.29. The molecule has 0 atom stereocenters. The topological polar surface area (TPSA) is 50.3 Å². The van der Waals surface area contributed by atoms with Crippen molar-refractivity contribution in [3.63, 3.8) is 0 Å². The molecule has 0 bridgehead atoms. The Kier molecular flexibility index (Phi) is 4.21. The SMILES string of the molecule is COc1cccc(Nc2cc(N3CCc4ccccc4C3)ncn2)c1. The summed E-state index contributed by atoms with van der Waals surface area (Å²) < 4.78 is 5.26. The van der Waals surface area contributed by atoms with Gasteiger partial charge in [0, 0.05) is 30.9 Å². The zero-order chi connectivity index (χ0) is 17.1. The summed E-state index contributed by atoms with van der Waals surface area (Å²) in [6.07, 6.45) is 2.65. The van der Waals surface area contributed by atoms with E-state index in [0.717, 1.165) is 42.6 Å². The smallest absolute Gasteiger partial charge is 0.135 e. The number of aromatic nitrogens is 2. The van der Waals surface area contributed by atoms with Crippen LogP contribution in [0.5, 0.6) is 5.75 Å². The van der Waals surface area contributed by atoms with Gasteiger partial charge in [-0.2, -0.15) is 0 Å². The number of hydrogen-bond donors (Lipinski definition) is 1. The zero-order valence-electron chi connectivity index (χ0n) is 14.1. The van der Waals surface area contributed by atoms with Crippen molar-refractivity contribution >= 4 is 17.3 Å². The molecule has 5 nitrogen and oxygen atoms in total. The van der Waals surface area contributed by atoms with Gasteiger partial charge in [-0.05, 0) is 29.7 Å². The molecule has 0 unspecified atom stereocenters. The number of benzene rings is 2. The molecule has 0 aliphatic carbocycles. The number of fused-ring (bicyclic) bond motifs is 1. The number of anilines is 3. The van der Waals surface area contributed by atoms with E-state index in [2.05, 4.69) is 44.5 Å². The first-order chi connectivity index (χ1) is 12.3. The Morgan fingerprint density at radius 3 is 2.76 bits per heavy atom. The van der Waals surface area contributed by atoms with Crippen molar-refractivity contribution < 1.29 is 4.74 Å². The molecule has 0 saturated carbocycles. The van der Waals surface area contributed by atoms with E-state index >= 15 is 0 Å². The van der Waals surface area contributed by atoms with Gasteiger partial charge >= 0.3 is 0 Å². The minimum absolute atomic E-state index is 0.775. The van der Waals surface area contributed by atoms with Crippen LogP contribution in [0.15, 0.2) is 60.9 Å². The summed E-state index contributed by atoms with van der Waals surface area (Å²) in [6, 6.07) is 18.4. The van der Waals surface area contributed by atoms with Gasteiger partial charge in [0.15, 0.2) is 0 Å². The molecule has 0 radical (unpaired) electrons. The van der Waals surface area contributed by atoms with Crippen LogP contribution in [0.25, 0.3) is 0 Å². The van der Waals surface area contributed by atoms with Crippen LogP contribution < -0.4 is 15.0 Å².